The number of fused-ring (bicyclic) bond motifs is 1. The lowest BCUT2D eigenvalue weighted by Gasteiger charge is -1.99. The van der Waals surface area contributed by atoms with Gasteiger partial charge in [0.05, 0.1) is 13.7 Å². The van der Waals surface area contributed by atoms with Crippen LogP contribution in [0.2, 0.25) is 0 Å². The third-order valence-electron chi connectivity index (χ3n) is 2.34. The molecule has 17 heavy (non-hydrogen) atoms. The second-order valence-corrected chi connectivity index (χ2v) is 3.45. The molecule has 0 spiro atoms. The van der Waals surface area contributed by atoms with Crippen LogP contribution in [0.3, 0.4) is 0 Å². The molecule has 6 heteroatoms. The van der Waals surface area contributed by atoms with Crippen molar-refractivity contribution in [2.24, 2.45) is 0 Å². The summed E-state index contributed by atoms with van der Waals surface area (Å²) in [6.45, 7) is 0.546. The van der Waals surface area contributed by atoms with Crippen LogP contribution in [0.4, 0.5) is 0 Å². The molecule has 2 aromatic rings. The summed E-state index contributed by atoms with van der Waals surface area (Å²) in [6, 6.07) is 3.39. The normalized spacial score (nSPS) is 10.7. The van der Waals surface area contributed by atoms with Crippen LogP contribution in [0.25, 0.3) is 5.65 Å². The number of carbonyl (C=O) groups excluding carboxylic acids is 1. The molecule has 0 atom stereocenters. The lowest BCUT2D eigenvalue weighted by Crippen LogP contribution is -2.04. The van der Waals surface area contributed by atoms with Gasteiger partial charge < -0.3 is 9.47 Å². The molecule has 90 valence electrons. The van der Waals surface area contributed by atoms with Gasteiger partial charge in [-0.2, -0.15) is 5.10 Å². The molecule has 0 unspecified atom stereocenters. The molecule has 0 aliphatic carbocycles. The second kappa shape index (κ2) is 4.92. The number of carbonyl (C=O) groups is 1. The predicted molar refractivity (Wildman–Crippen MR) is 59.9 cm³/mol. The fourth-order valence-corrected chi connectivity index (χ4v) is 1.52. The Bertz CT molecular complexity index is 536. The van der Waals surface area contributed by atoms with E-state index in [0.717, 1.165) is 0 Å². The van der Waals surface area contributed by atoms with Gasteiger partial charge in [0, 0.05) is 19.7 Å². The van der Waals surface area contributed by atoms with Gasteiger partial charge in [0.15, 0.2) is 11.5 Å². The van der Waals surface area contributed by atoms with Crippen molar-refractivity contribution in [2.45, 2.75) is 6.42 Å². The number of aromatic nitrogens is 3. The van der Waals surface area contributed by atoms with Crippen LogP contribution in [-0.4, -0.2) is 41.4 Å². The summed E-state index contributed by atoms with van der Waals surface area (Å²) in [5, 5.41) is 4.25. The zero-order valence-corrected chi connectivity index (χ0v) is 9.71. The third-order valence-corrected chi connectivity index (χ3v) is 2.34. The summed E-state index contributed by atoms with van der Waals surface area (Å²) in [5.41, 5.74) is 0.914. The van der Waals surface area contributed by atoms with E-state index in [-0.39, 0.29) is 0 Å². The van der Waals surface area contributed by atoms with Crippen molar-refractivity contribution < 1.29 is 14.3 Å². The summed E-state index contributed by atoms with van der Waals surface area (Å²) in [6.07, 6.45) is 2.35. The van der Waals surface area contributed by atoms with Gasteiger partial charge in [-0.3, -0.25) is 0 Å². The van der Waals surface area contributed by atoms with Crippen molar-refractivity contribution in [2.75, 3.05) is 20.8 Å². The minimum absolute atomic E-state index is 0.408. The lowest BCUT2D eigenvalue weighted by atomic mass is 10.3. The highest BCUT2D eigenvalue weighted by Gasteiger charge is 2.13. The Balaban J connectivity index is 2.42. The highest BCUT2D eigenvalue weighted by Crippen LogP contribution is 2.10. The molecular formula is C11H13N3O3. The number of pyridine rings is 1. The number of hydrogen-bond donors (Lipinski definition) is 0. The largest absolute Gasteiger partial charge is 0.465 e. The van der Waals surface area contributed by atoms with Crippen molar-refractivity contribution >= 4 is 11.6 Å². The zero-order chi connectivity index (χ0) is 12.3. The highest BCUT2D eigenvalue weighted by molar-refractivity contribution is 5.95. The molecule has 0 amide bonds. The number of methoxy groups -OCH3 is 2. The van der Waals surface area contributed by atoms with Crippen molar-refractivity contribution in [3.8, 4) is 0 Å². The number of rotatable bonds is 4. The monoisotopic (exact) mass is 235 g/mol. The average Bonchev–Trinajstić information content (AvgIpc) is 2.77. The van der Waals surface area contributed by atoms with Crippen LogP contribution in [0.15, 0.2) is 18.3 Å². The number of nitrogens with zero attached hydrogens (tertiary/aromatic N) is 3. The van der Waals surface area contributed by atoms with Crippen LogP contribution in [0.1, 0.15) is 16.2 Å². The van der Waals surface area contributed by atoms with E-state index in [1.54, 1.807) is 30.0 Å². The Morgan fingerprint density at radius 3 is 3.00 bits per heavy atom. The van der Waals surface area contributed by atoms with Gasteiger partial charge in [0.2, 0.25) is 0 Å². The van der Waals surface area contributed by atoms with E-state index in [1.165, 1.54) is 7.11 Å². The van der Waals surface area contributed by atoms with E-state index in [4.69, 9.17) is 9.47 Å². The fourth-order valence-electron chi connectivity index (χ4n) is 1.52. The maximum atomic E-state index is 11.5. The molecule has 0 saturated carbocycles. The Hall–Kier alpha value is -1.95. The minimum atomic E-state index is -0.415. The lowest BCUT2D eigenvalue weighted by molar-refractivity contribution is 0.0602. The maximum absolute atomic E-state index is 11.5. The number of hydrogen-bond acceptors (Lipinski definition) is 5. The van der Waals surface area contributed by atoms with Crippen molar-refractivity contribution in [1.82, 2.24) is 14.6 Å². The summed E-state index contributed by atoms with van der Waals surface area (Å²) >= 11 is 0. The van der Waals surface area contributed by atoms with Crippen molar-refractivity contribution in [1.29, 1.82) is 0 Å². The highest BCUT2D eigenvalue weighted by atomic mass is 16.5. The summed E-state index contributed by atoms with van der Waals surface area (Å²) in [5.74, 6) is 0.226. The molecule has 2 aromatic heterocycles. The summed E-state index contributed by atoms with van der Waals surface area (Å²) in [7, 11) is 2.96. The predicted octanol–water partition coefficient (Wildman–Crippen LogP) is 0.705. The third kappa shape index (κ3) is 2.26. The van der Waals surface area contributed by atoms with Crippen LogP contribution in [0.5, 0.6) is 0 Å². The molecule has 0 N–H and O–H groups in total. The molecule has 0 aliphatic heterocycles. The first-order chi connectivity index (χ1) is 8.26. The van der Waals surface area contributed by atoms with Gasteiger partial charge in [-0.15, -0.1) is 0 Å². The van der Waals surface area contributed by atoms with E-state index in [0.29, 0.717) is 30.1 Å². The van der Waals surface area contributed by atoms with Gasteiger partial charge in [-0.25, -0.2) is 14.3 Å². The molecule has 0 aromatic carbocycles. The topological polar surface area (TPSA) is 65.7 Å². The minimum Gasteiger partial charge on any atom is -0.465 e. The fraction of sp³-hybridized carbons (Fsp3) is 0.364. The number of ether oxygens (including phenoxy) is 2. The van der Waals surface area contributed by atoms with E-state index in [2.05, 4.69) is 10.1 Å². The molecule has 2 rings (SSSR count). The molecular weight excluding hydrogens is 222 g/mol. The van der Waals surface area contributed by atoms with E-state index < -0.39 is 5.97 Å². The van der Waals surface area contributed by atoms with Crippen LogP contribution in [0, 0.1) is 0 Å². The molecule has 0 bridgehead atoms. The molecule has 0 aliphatic rings. The first-order valence-corrected chi connectivity index (χ1v) is 5.17. The van der Waals surface area contributed by atoms with E-state index in [9.17, 15) is 4.79 Å². The smallest absolute Gasteiger partial charge is 0.341 e. The molecule has 6 nitrogen and oxygen atoms in total. The SMILES string of the molecule is COCCc1nc2c(C(=O)OC)cccn2n1. The van der Waals surface area contributed by atoms with Crippen LogP contribution in [-0.2, 0) is 15.9 Å². The van der Waals surface area contributed by atoms with Gasteiger partial charge in [0.25, 0.3) is 0 Å². The van der Waals surface area contributed by atoms with Crippen molar-refractivity contribution in [3.63, 3.8) is 0 Å². The van der Waals surface area contributed by atoms with Crippen LogP contribution >= 0.6 is 0 Å². The Labute approximate surface area is 98.2 Å². The maximum Gasteiger partial charge on any atom is 0.341 e. The first-order valence-electron chi connectivity index (χ1n) is 5.17. The standard InChI is InChI=1S/C11H13N3O3/c1-16-7-5-9-12-10-8(11(15)17-2)4-3-6-14(10)13-9/h3-4,6H,5,7H2,1-2H3. The zero-order valence-electron chi connectivity index (χ0n) is 9.71. The van der Waals surface area contributed by atoms with Gasteiger partial charge in [-0.1, -0.05) is 0 Å². The van der Waals surface area contributed by atoms with Crippen molar-refractivity contribution in [3.05, 3.63) is 29.7 Å². The Morgan fingerprint density at radius 1 is 1.47 bits per heavy atom. The second-order valence-electron chi connectivity index (χ2n) is 3.45. The van der Waals surface area contributed by atoms with Gasteiger partial charge in [-0.05, 0) is 12.1 Å². The molecule has 0 fully saturated rings. The molecule has 0 saturated heterocycles. The summed E-state index contributed by atoms with van der Waals surface area (Å²) in [4.78, 5) is 15.8. The Morgan fingerprint density at radius 2 is 2.29 bits per heavy atom. The average molecular weight is 235 g/mol. The van der Waals surface area contributed by atoms with Crippen LogP contribution < -0.4 is 0 Å². The van der Waals surface area contributed by atoms with Gasteiger partial charge in [0.1, 0.15) is 5.56 Å². The molecule has 0 radical (unpaired) electrons. The summed E-state index contributed by atoms with van der Waals surface area (Å²) < 4.78 is 11.2. The van der Waals surface area contributed by atoms with E-state index in [1.807, 2.05) is 0 Å². The number of esters is 1. The van der Waals surface area contributed by atoms with E-state index >= 15 is 0 Å². The quantitative estimate of drug-likeness (QED) is 0.730. The van der Waals surface area contributed by atoms with Gasteiger partial charge >= 0.3 is 5.97 Å². The Kier molecular flexibility index (Phi) is 3.34. The first kappa shape index (κ1) is 11.5. The molecule has 2 heterocycles.